The first-order valence-electron chi connectivity index (χ1n) is 17.4. The van der Waals surface area contributed by atoms with Crippen molar-refractivity contribution in [2.75, 3.05) is 45.4 Å². The van der Waals surface area contributed by atoms with Crippen LogP contribution in [0.25, 0.3) is 0 Å². The molecule has 260 valence electrons. The number of carbonyl (C=O) groups is 1. The number of halogens is 1. The number of hydrogen-bond donors (Lipinski definition) is 1. The molecule has 3 heterocycles. The molecule has 2 aromatic rings. The number of fused-ring (bicyclic) bond motifs is 4. The molecule has 1 N–H and O–H groups in total. The molecule has 2 aliphatic carbocycles. The maximum absolute atomic E-state index is 14.0. The topological polar surface area (TPSA) is 103 Å². The van der Waals surface area contributed by atoms with Gasteiger partial charge < -0.3 is 23.8 Å². The van der Waals surface area contributed by atoms with Crippen molar-refractivity contribution in [1.82, 2.24) is 4.72 Å². The summed E-state index contributed by atoms with van der Waals surface area (Å²) in [6.07, 6.45) is 10.5. The van der Waals surface area contributed by atoms with Gasteiger partial charge >= 0.3 is 0 Å². The molecule has 1 spiro atoms. The molecule has 7 rings (SSSR count). The van der Waals surface area contributed by atoms with E-state index in [0.717, 1.165) is 62.2 Å². The van der Waals surface area contributed by atoms with Crippen molar-refractivity contribution in [2.24, 2.45) is 11.8 Å². The van der Waals surface area contributed by atoms with E-state index >= 15 is 0 Å². The number of amides is 1. The number of carbonyl (C=O) groups excluding carboxylic acids is 1. The number of nitrogens with zero attached hydrogens (tertiary/aromatic N) is 1. The van der Waals surface area contributed by atoms with Gasteiger partial charge in [-0.25, -0.2) is 13.1 Å². The first-order chi connectivity index (χ1) is 23.2. The Hall–Kier alpha value is -2.63. The Morgan fingerprint density at radius 3 is 2.71 bits per heavy atom. The van der Waals surface area contributed by atoms with Gasteiger partial charge in [0.05, 0.1) is 30.6 Å². The summed E-state index contributed by atoms with van der Waals surface area (Å²) in [4.78, 5) is 16.2. The normalized spacial score (nSPS) is 33.8. The molecule has 0 radical (unpaired) electrons. The third kappa shape index (κ3) is 6.63. The highest BCUT2D eigenvalue weighted by atomic mass is 35.5. The summed E-state index contributed by atoms with van der Waals surface area (Å²) in [5.74, 6) is 0.708. The quantitative estimate of drug-likeness (QED) is 0.399. The lowest BCUT2D eigenvalue weighted by atomic mass is 9.68. The van der Waals surface area contributed by atoms with E-state index < -0.39 is 27.3 Å². The highest BCUT2D eigenvalue weighted by Crippen LogP contribution is 2.47. The summed E-state index contributed by atoms with van der Waals surface area (Å²) in [7, 11) is -0.877. The molecule has 5 aliphatic rings. The van der Waals surface area contributed by atoms with Gasteiger partial charge in [0.15, 0.2) is 0 Å². The number of ether oxygens (including phenoxy) is 4. The lowest BCUT2D eigenvalue weighted by Crippen LogP contribution is -2.49. The lowest BCUT2D eigenvalue weighted by Gasteiger charge is -2.46. The van der Waals surface area contributed by atoms with Gasteiger partial charge in [-0.15, -0.1) is 0 Å². The molecule has 2 fully saturated rings. The van der Waals surface area contributed by atoms with E-state index in [1.165, 1.54) is 18.2 Å². The molecule has 1 saturated carbocycles. The average molecular weight is 699 g/mol. The minimum Gasteiger partial charge on any atom is -0.490 e. The Balaban J connectivity index is 1.28. The molecule has 1 amide bonds. The van der Waals surface area contributed by atoms with Crippen LogP contribution in [0.5, 0.6) is 5.75 Å². The molecular formula is C37H47ClN2O7S. The SMILES string of the molecule is CO[C@H]1/C=C\C[C@@H](OC)[C@@H](C[C@H]2CCCO2)S(=O)(=O)NC(=O)c2ccc3c(c2)N(C[C@@H]2CC[C@H]21)C[C@@]1(CCCc2cc(Cl)ccc21)CO3. The van der Waals surface area contributed by atoms with Crippen LogP contribution in [0.1, 0.15) is 72.9 Å². The van der Waals surface area contributed by atoms with Crippen LogP contribution in [0.15, 0.2) is 48.6 Å². The fraction of sp³-hybridized carbons (Fsp3) is 0.595. The number of hydrogen-bond acceptors (Lipinski definition) is 8. The number of benzene rings is 2. The first kappa shape index (κ1) is 33.8. The lowest BCUT2D eigenvalue weighted by molar-refractivity contribution is 0.0128. The van der Waals surface area contributed by atoms with Crippen molar-refractivity contribution >= 4 is 33.2 Å². The summed E-state index contributed by atoms with van der Waals surface area (Å²) in [6.45, 7) is 2.60. The van der Waals surface area contributed by atoms with Crippen molar-refractivity contribution in [3.63, 3.8) is 0 Å². The van der Waals surface area contributed by atoms with Crippen molar-refractivity contribution in [3.05, 3.63) is 70.3 Å². The summed E-state index contributed by atoms with van der Waals surface area (Å²) in [5.41, 5.74) is 3.37. The van der Waals surface area contributed by atoms with E-state index in [0.29, 0.717) is 43.8 Å². The maximum atomic E-state index is 14.0. The highest BCUT2D eigenvalue weighted by Gasteiger charge is 2.45. The van der Waals surface area contributed by atoms with Gasteiger partial charge in [0.1, 0.15) is 11.0 Å². The number of aryl methyl sites for hydroxylation is 1. The van der Waals surface area contributed by atoms with E-state index in [1.807, 2.05) is 18.2 Å². The molecule has 0 unspecified atom stereocenters. The van der Waals surface area contributed by atoms with Crippen LogP contribution in [-0.4, -0.2) is 78.4 Å². The van der Waals surface area contributed by atoms with Crippen LogP contribution in [0.2, 0.25) is 5.02 Å². The zero-order chi connectivity index (χ0) is 33.5. The molecule has 2 aromatic carbocycles. The predicted octanol–water partition coefficient (Wildman–Crippen LogP) is 5.83. The molecule has 3 aliphatic heterocycles. The van der Waals surface area contributed by atoms with Gasteiger partial charge in [-0.2, -0.15) is 0 Å². The highest BCUT2D eigenvalue weighted by molar-refractivity contribution is 7.90. The van der Waals surface area contributed by atoms with E-state index in [1.54, 1.807) is 19.2 Å². The molecular weight excluding hydrogens is 652 g/mol. The number of nitrogens with one attached hydrogen (secondary N) is 1. The van der Waals surface area contributed by atoms with Gasteiger partial charge in [-0.05, 0) is 111 Å². The van der Waals surface area contributed by atoms with Gasteiger partial charge in [0.25, 0.3) is 5.91 Å². The number of methoxy groups -OCH3 is 2. The van der Waals surface area contributed by atoms with Crippen molar-refractivity contribution < 1.29 is 32.2 Å². The Morgan fingerprint density at radius 1 is 1.08 bits per heavy atom. The largest absolute Gasteiger partial charge is 0.490 e. The van der Waals surface area contributed by atoms with Crippen molar-refractivity contribution in [3.8, 4) is 5.75 Å². The molecule has 9 nitrogen and oxygen atoms in total. The van der Waals surface area contributed by atoms with Crippen molar-refractivity contribution in [2.45, 2.75) is 86.8 Å². The fourth-order valence-electron chi connectivity index (χ4n) is 8.77. The smallest absolute Gasteiger partial charge is 0.264 e. The van der Waals surface area contributed by atoms with Crippen molar-refractivity contribution in [1.29, 1.82) is 0 Å². The molecule has 2 bridgehead atoms. The molecule has 7 atom stereocenters. The zero-order valence-electron chi connectivity index (χ0n) is 27.9. The van der Waals surface area contributed by atoms with E-state index in [9.17, 15) is 13.2 Å². The Kier molecular flexibility index (Phi) is 9.83. The van der Waals surface area contributed by atoms with Gasteiger partial charge in [-0.1, -0.05) is 29.8 Å². The van der Waals surface area contributed by atoms with Crippen LogP contribution in [-0.2, 0) is 36.1 Å². The Morgan fingerprint density at radius 2 is 1.96 bits per heavy atom. The fourth-order valence-corrected chi connectivity index (χ4v) is 10.6. The van der Waals surface area contributed by atoms with Crippen LogP contribution in [0.4, 0.5) is 5.69 Å². The standard InChI is InChI=1S/C37H47ClN2O7S/c1-44-32-8-3-9-34(45-2)35(20-28-7-5-17-46-28)48(42,43)39-36(41)25-11-15-33-31(19-25)40(21-26-10-13-29(26)32)22-37(23-47-33)16-4-6-24-18-27(38)12-14-30(24)37/h3,8,11-12,14-15,18-19,26,28-29,32,34-35H,4-7,9-10,13,16-17,20-23H2,1-2H3,(H,39,41)/b8-3-/t26-,28+,29+,32-,34+,35+,37-/m0/s1. The summed E-state index contributed by atoms with van der Waals surface area (Å²) < 4.78 is 54.8. The van der Waals surface area contributed by atoms with Gasteiger partial charge in [0, 0.05) is 49.9 Å². The second-order valence-electron chi connectivity index (χ2n) is 14.3. The first-order valence-corrected chi connectivity index (χ1v) is 19.3. The second kappa shape index (κ2) is 13.9. The minimum atomic E-state index is -4.15. The second-order valence-corrected chi connectivity index (χ2v) is 16.6. The number of sulfonamides is 1. The minimum absolute atomic E-state index is 0.109. The Bertz CT molecular complexity index is 1640. The summed E-state index contributed by atoms with van der Waals surface area (Å²) >= 11 is 6.44. The van der Waals surface area contributed by atoms with E-state index in [4.69, 9.17) is 30.5 Å². The maximum Gasteiger partial charge on any atom is 0.264 e. The molecule has 48 heavy (non-hydrogen) atoms. The summed E-state index contributed by atoms with van der Waals surface area (Å²) in [5, 5.41) is -0.241. The van der Waals surface area contributed by atoms with E-state index in [-0.39, 0.29) is 29.6 Å². The predicted molar refractivity (Wildman–Crippen MR) is 186 cm³/mol. The zero-order valence-corrected chi connectivity index (χ0v) is 29.4. The number of anilines is 1. The van der Waals surface area contributed by atoms with Gasteiger partial charge in [-0.3, -0.25) is 4.79 Å². The van der Waals surface area contributed by atoms with Crippen LogP contribution in [0.3, 0.4) is 0 Å². The average Bonchev–Trinajstić information content (AvgIpc) is 3.53. The monoisotopic (exact) mass is 698 g/mol. The number of rotatable bonds is 4. The van der Waals surface area contributed by atoms with Gasteiger partial charge in [0.2, 0.25) is 10.0 Å². The molecule has 0 aromatic heterocycles. The Labute approximate surface area is 289 Å². The van der Waals surface area contributed by atoms with Crippen LogP contribution < -0.4 is 14.4 Å². The van der Waals surface area contributed by atoms with Crippen LogP contribution in [0, 0.1) is 11.8 Å². The molecule has 1 saturated heterocycles. The van der Waals surface area contributed by atoms with E-state index in [2.05, 4.69) is 27.8 Å². The third-order valence-electron chi connectivity index (χ3n) is 11.5. The summed E-state index contributed by atoms with van der Waals surface area (Å²) in [6, 6.07) is 11.5. The molecule has 11 heteroatoms. The third-order valence-corrected chi connectivity index (χ3v) is 13.5. The van der Waals surface area contributed by atoms with Crippen LogP contribution >= 0.6 is 11.6 Å².